The number of aryl methyl sites for hydroxylation is 1. The average molecular weight is 296 g/mol. The maximum Gasteiger partial charge on any atom is 0.224 e. The standard InChI is InChI=1S/C18H24N4/c1-14-7-5-6-8-15(14)13-20-17-11-12-19-18(22-17)21-16-9-3-2-4-10-16/h5-8,11-12,16H,2-4,9-10,13H2,1H3,(H2,19,20,21,22). The van der Waals surface area contributed by atoms with Gasteiger partial charge in [0.2, 0.25) is 5.95 Å². The lowest BCUT2D eigenvalue weighted by molar-refractivity contribution is 0.461. The highest BCUT2D eigenvalue weighted by molar-refractivity contribution is 5.41. The number of aromatic nitrogens is 2. The summed E-state index contributed by atoms with van der Waals surface area (Å²) in [6.07, 6.45) is 8.25. The predicted molar refractivity (Wildman–Crippen MR) is 91.0 cm³/mol. The first-order valence-electron chi connectivity index (χ1n) is 8.19. The molecule has 4 heteroatoms. The molecule has 0 amide bonds. The van der Waals surface area contributed by atoms with Gasteiger partial charge >= 0.3 is 0 Å². The van der Waals surface area contributed by atoms with Crippen molar-refractivity contribution in [1.29, 1.82) is 0 Å². The van der Waals surface area contributed by atoms with Gasteiger partial charge in [-0.2, -0.15) is 4.98 Å². The smallest absolute Gasteiger partial charge is 0.224 e. The van der Waals surface area contributed by atoms with Gasteiger partial charge in [0, 0.05) is 18.8 Å². The van der Waals surface area contributed by atoms with E-state index in [1.807, 2.05) is 12.3 Å². The molecule has 1 saturated carbocycles. The average Bonchev–Trinajstić information content (AvgIpc) is 2.55. The number of anilines is 2. The molecular weight excluding hydrogens is 272 g/mol. The zero-order valence-electron chi connectivity index (χ0n) is 13.2. The summed E-state index contributed by atoms with van der Waals surface area (Å²) < 4.78 is 0. The van der Waals surface area contributed by atoms with Crippen LogP contribution in [0.4, 0.5) is 11.8 Å². The largest absolute Gasteiger partial charge is 0.366 e. The summed E-state index contributed by atoms with van der Waals surface area (Å²) in [6.45, 7) is 2.92. The van der Waals surface area contributed by atoms with E-state index in [1.54, 1.807) is 0 Å². The van der Waals surface area contributed by atoms with Crippen LogP contribution in [0.3, 0.4) is 0 Å². The van der Waals surface area contributed by atoms with Crippen LogP contribution in [-0.4, -0.2) is 16.0 Å². The minimum Gasteiger partial charge on any atom is -0.366 e. The third-order valence-electron chi connectivity index (χ3n) is 4.32. The van der Waals surface area contributed by atoms with Crippen LogP contribution in [0.5, 0.6) is 0 Å². The van der Waals surface area contributed by atoms with Crippen LogP contribution in [0.2, 0.25) is 0 Å². The quantitative estimate of drug-likeness (QED) is 0.870. The lowest BCUT2D eigenvalue weighted by Gasteiger charge is -2.22. The molecule has 0 atom stereocenters. The van der Waals surface area contributed by atoms with Crippen molar-refractivity contribution in [2.75, 3.05) is 10.6 Å². The number of nitrogens with zero attached hydrogens (tertiary/aromatic N) is 2. The molecule has 0 aliphatic heterocycles. The molecule has 1 fully saturated rings. The van der Waals surface area contributed by atoms with E-state index in [9.17, 15) is 0 Å². The monoisotopic (exact) mass is 296 g/mol. The van der Waals surface area contributed by atoms with Crippen LogP contribution in [-0.2, 0) is 6.54 Å². The third-order valence-corrected chi connectivity index (χ3v) is 4.32. The molecule has 1 aliphatic rings. The highest BCUT2D eigenvalue weighted by atomic mass is 15.1. The van der Waals surface area contributed by atoms with Gasteiger partial charge in [-0.3, -0.25) is 0 Å². The van der Waals surface area contributed by atoms with Gasteiger partial charge in [-0.05, 0) is 37.0 Å². The summed E-state index contributed by atoms with van der Waals surface area (Å²) in [5.41, 5.74) is 2.59. The second-order valence-electron chi connectivity index (χ2n) is 6.02. The Balaban J connectivity index is 1.60. The Hall–Kier alpha value is -2.10. The Bertz CT molecular complexity index is 606. The van der Waals surface area contributed by atoms with E-state index in [1.165, 1.54) is 43.2 Å². The van der Waals surface area contributed by atoms with Crippen LogP contribution in [0.15, 0.2) is 36.5 Å². The molecule has 0 spiro atoms. The van der Waals surface area contributed by atoms with E-state index < -0.39 is 0 Å². The fourth-order valence-corrected chi connectivity index (χ4v) is 2.95. The van der Waals surface area contributed by atoms with Crippen LogP contribution in [0.1, 0.15) is 43.2 Å². The van der Waals surface area contributed by atoms with Crippen molar-refractivity contribution in [3.63, 3.8) is 0 Å². The van der Waals surface area contributed by atoms with Crippen molar-refractivity contribution in [1.82, 2.24) is 9.97 Å². The Morgan fingerprint density at radius 1 is 1.09 bits per heavy atom. The maximum atomic E-state index is 4.58. The zero-order chi connectivity index (χ0) is 15.2. The molecule has 2 aromatic rings. The summed E-state index contributed by atoms with van der Waals surface area (Å²) in [6, 6.07) is 10.9. The fraction of sp³-hybridized carbons (Fsp3) is 0.444. The Morgan fingerprint density at radius 2 is 1.91 bits per heavy atom. The first-order chi connectivity index (χ1) is 10.8. The topological polar surface area (TPSA) is 49.8 Å². The van der Waals surface area contributed by atoms with Crippen molar-refractivity contribution in [2.45, 2.75) is 51.6 Å². The third kappa shape index (κ3) is 3.97. The number of nitrogens with one attached hydrogen (secondary N) is 2. The molecule has 3 rings (SSSR count). The lowest BCUT2D eigenvalue weighted by Crippen LogP contribution is -2.23. The molecular formula is C18H24N4. The van der Waals surface area contributed by atoms with E-state index in [4.69, 9.17) is 0 Å². The van der Waals surface area contributed by atoms with Crippen LogP contribution in [0, 0.1) is 6.92 Å². The van der Waals surface area contributed by atoms with Gasteiger partial charge in [0.25, 0.3) is 0 Å². The van der Waals surface area contributed by atoms with Crippen molar-refractivity contribution >= 4 is 11.8 Å². The molecule has 1 aliphatic carbocycles. The summed E-state index contributed by atoms with van der Waals surface area (Å²) in [4.78, 5) is 8.92. The number of benzene rings is 1. The number of rotatable bonds is 5. The highest BCUT2D eigenvalue weighted by Gasteiger charge is 2.14. The van der Waals surface area contributed by atoms with Gasteiger partial charge in [0.15, 0.2) is 0 Å². The number of hydrogen-bond donors (Lipinski definition) is 2. The molecule has 2 N–H and O–H groups in total. The van der Waals surface area contributed by atoms with Gasteiger partial charge in [0.05, 0.1) is 0 Å². The van der Waals surface area contributed by atoms with Gasteiger partial charge < -0.3 is 10.6 Å². The lowest BCUT2D eigenvalue weighted by atomic mass is 9.96. The predicted octanol–water partition coefficient (Wildman–Crippen LogP) is 4.14. The Kier molecular flexibility index (Phi) is 4.88. The summed E-state index contributed by atoms with van der Waals surface area (Å²) >= 11 is 0. The molecule has 1 aromatic heterocycles. The number of hydrogen-bond acceptors (Lipinski definition) is 4. The summed E-state index contributed by atoms with van der Waals surface area (Å²) in [7, 11) is 0. The molecule has 22 heavy (non-hydrogen) atoms. The highest BCUT2D eigenvalue weighted by Crippen LogP contribution is 2.20. The molecule has 0 radical (unpaired) electrons. The molecule has 1 aromatic carbocycles. The Morgan fingerprint density at radius 3 is 2.73 bits per heavy atom. The van der Waals surface area contributed by atoms with Crippen molar-refractivity contribution in [3.8, 4) is 0 Å². The second-order valence-corrected chi connectivity index (χ2v) is 6.02. The summed E-state index contributed by atoms with van der Waals surface area (Å²) in [5, 5.41) is 6.86. The van der Waals surface area contributed by atoms with E-state index in [0.29, 0.717) is 6.04 Å². The molecule has 116 valence electrons. The zero-order valence-corrected chi connectivity index (χ0v) is 13.2. The van der Waals surface area contributed by atoms with Crippen molar-refractivity contribution < 1.29 is 0 Å². The fourth-order valence-electron chi connectivity index (χ4n) is 2.95. The van der Waals surface area contributed by atoms with Crippen LogP contribution in [0.25, 0.3) is 0 Å². The van der Waals surface area contributed by atoms with Crippen LogP contribution >= 0.6 is 0 Å². The van der Waals surface area contributed by atoms with E-state index >= 15 is 0 Å². The van der Waals surface area contributed by atoms with E-state index in [-0.39, 0.29) is 0 Å². The molecule has 0 saturated heterocycles. The SMILES string of the molecule is Cc1ccccc1CNc1ccnc(NC2CCCCC2)n1. The minimum absolute atomic E-state index is 0.528. The normalized spacial score (nSPS) is 15.5. The first kappa shape index (κ1) is 14.8. The minimum atomic E-state index is 0.528. The van der Waals surface area contributed by atoms with Gasteiger partial charge in [-0.25, -0.2) is 4.98 Å². The molecule has 1 heterocycles. The second kappa shape index (κ2) is 7.25. The van der Waals surface area contributed by atoms with Crippen molar-refractivity contribution in [2.24, 2.45) is 0 Å². The maximum absolute atomic E-state index is 4.58. The Labute approximate surface area is 132 Å². The van der Waals surface area contributed by atoms with Gasteiger partial charge in [0.1, 0.15) is 5.82 Å². The van der Waals surface area contributed by atoms with Gasteiger partial charge in [-0.15, -0.1) is 0 Å². The van der Waals surface area contributed by atoms with E-state index in [0.717, 1.165) is 18.3 Å². The summed E-state index contributed by atoms with van der Waals surface area (Å²) in [5.74, 6) is 1.61. The van der Waals surface area contributed by atoms with Crippen molar-refractivity contribution in [3.05, 3.63) is 47.7 Å². The first-order valence-corrected chi connectivity index (χ1v) is 8.19. The molecule has 0 bridgehead atoms. The van der Waals surface area contributed by atoms with Gasteiger partial charge in [-0.1, -0.05) is 43.5 Å². The molecule has 4 nitrogen and oxygen atoms in total. The molecule has 0 unspecified atom stereocenters. The van der Waals surface area contributed by atoms with E-state index in [2.05, 4.69) is 51.8 Å². The van der Waals surface area contributed by atoms with Crippen LogP contribution < -0.4 is 10.6 Å².